The molecule has 27 heavy (non-hydrogen) atoms. The fourth-order valence-electron chi connectivity index (χ4n) is 2.46. The van der Waals surface area contributed by atoms with E-state index < -0.39 is 16.4 Å². The van der Waals surface area contributed by atoms with Crippen molar-refractivity contribution in [2.24, 2.45) is 4.99 Å². The van der Waals surface area contributed by atoms with E-state index >= 15 is 0 Å². The summed E-state index contributed by atoms with van der Waals surface area (Å²) >= 11 is 5.97. The van der Waals surface area contributed by atoms with Gasteiger partial charge in [0.05, 0.1) is 10.6 Å². The SMILES string of the molecule is N#Cc1c(N=Cc2ccc(O)c([N+](=O)[O-])c2)n[nH]c1Cc1cccc(Cl)c1. The van der Waals surface area contributed by atoms with Crippen LogP contribution < -0.4 is 0 Å². The molecule has 8 nitrogen and oxygen atoms in total. The van der Waals surface area contributed by atoms with Crippen molar-refractivity contribution in [2.45, 2.75) is 6.42 Å². The molecule has 0 aliphatic carbocycles. The first-order chi connectivity index (χ1) is 13.0. The fraction of sp³-hybridized carbons (Fsp3) is 0.0556. The Labute approximate surface area is 158 Å². The summed E-state index contributed by atoms with van der Waals surface area (Å²) in [6.07, 6.45) is 1.77. The average molecular weight is 382 g/mol. The van der Waals surface area contributed by atoms with Gasteiger partial charge in [0.1, 0.15) is 11.6 Å². The van der Waals surface area contributed by atoms with Gasteiger partial charge in [-0.25, -0.2) is 4.99 Å². The first-order valence-corrected chi connectivity index (χ1v) is 8.09. The Bertz CT molecular complexity index is 1080. The van der Waals surface area contributed by atoms with Crippen LogP contribution in [0.25, 0.3) is 0 Å². The van der Waals surface area contributed by atoms with E-state index in [4.69, 9.17) is 11.6 Å². The monoisotopic (exact) mass is 381 g/mol. The van der Waals surface area contributed by atoms with Crippen LogP contribution in [0.5, 0.6) is 5.75 Å². The van der Waals surface area contributed by atoms with Gasteiger partial charge < -0.3 is 5.11 Å². The molecule has 1 heterocycles. The van der Waals surface area contributed by atoms with E-state index in [1.807, 2.05) is 12.1 Å². The van der Waals surface area contributed by atoms with E-state index in [0.717, 1.165) is 5.56 Å². The van der Waals surface area contributed by atoms with Crippen molar-refractivity contribution in [3.05, 3.63) is 80.0 Å². The molecule has 2 aromatic carbocycles. The van der Waals surface area contributed by atoms with E-state index in [1.165, 1.54) is 24.4 Å². The van der Waals surface area contributed by atoms with Crippen LogP contribution >= 0.6 is 11.6 Å². The van der Waals surface area contributed by atoms with Crippen LogP contribution in [0, 0.1) is 21.4 Å². The highest BCUT2D eigenvalue weighted by molar-refractivity contribution is 6.30. The maximum atomic E-state index is 10.9. The number of aliphatic imine (C=N–C) groups is 1. The van der Waals surface area contributed by atoms with Crippen molar-refractivity contribution in [3.63, 3.8) is 0 Å². The van der Waals surface area contributed by atoms with Crippen molar-refractivity contribution in [1.82, 2.24) is 10.2 Å². The maximum Gasteiger partial charge on any atom is 0.311 e. The molecule has 9 heteroatoms. The number of aromatic nitrogens is 2. The molecule has 0 amide bonds. The Kier molecular flexibility index (Phi) is 5.15. The third-order valence-corrected chi connectivity index (χ3v) is 3.97. The summed E-state index contributed by atoms with van der Waals surface area (Å²) in [5.74, 6) is -0.260. The summed E-state index contributed by atoms with van der Waals surface area (Å²) in [5.41, 5.74) is 1.74. The predicted molar refractivity (Wildman–Crippen MR) is 99.6 cm³/mol. The summed E-state index contributed by atoms with van der Waals surface area (Å²) in [6.45, 7) is 0. The zero-order chi connectivity index (χ0) is 19.4. The Morgan fingerprint density at radius 3 is 2.89 bits per heavy atom. The zero-order valence-electron chi connectivity index (χ0n) is 13.8. The minimum atomic E-state index is -0.689. The number of aromatic hydroxyl groups is 1. The normalized spacial score (nSPS) is 10.8. The molecule has 0 fully saturated rings. The molecular formula is C18H12ClN5O3. The summed E-state index contributed by atoms with van der Waals surface area (Å²) < 4.78 is 0. The fourth-order valence-corrected chi connectivity index (χ4v) is 2.67. The van der Waals surface area contributed by atoms with E-state index in [1.54, 1.807) is 12.1 Å². The molecule has 0 saturated heterocycles. The van der Waals surface area contributed by atoms with Gasteiger partial charge in [-0.15, -0.1) is 0 Å². The zero-order valence-corrected chi connectivity index (χ0v) is 14.5. The van der Waals surface area contributed by atoms with E-state index in [2.05, 4.69) is 21.3 Å². The molecular weight excluding hydrogens is 370 g/mol. The lowest BCUT2D eigenvalue weighted by Gasteiger charge is -2.00. The van der Waals surface area contributed by atoms with Crippen LogP contribution in [0.1, 0.15) is 22.4 Å². The largest absolute Gasteiger partial charge is 0.502 e. The molecule has 0 spiro atoms. The third kappa shape index (κ3) is 4.11. The van der Waals surface area contributed by atoms with Crippen molar-refractivity contribution >= 4 is 29.3 Å². The van der Waals surface area contributed by atoms with E-state index in [0.29, 0.717) is 22.7 Å². The van der Waals surface area contributed by atoms with E-state index in [-0.39, 0.29) is 11.4 Å². The number of phenols is 1. The average Bonchev–Trinajstić information content (AvgIpc) is 3.02. The molecule has 0 aliphatic heterocycles. The van der Waals surface area contributed by atoms with Gasteiger partial charge in [0.25, 0.3) is 0 Å². The van der Waals surface area contributed by atoms with E-state index in [9.17, 15) is 20.5 Å². The number of halogens is 1. The lowest BCUT2D eigenvalue weighted by atomic mass is 10.1. The molecule has 1 aromatic heterocycles. The molecule has 0 radical (unpaired) electrons. The van der Waals surface area contributed by atoms with Crippen molar-refractivity contribution < 1.29 is 10.0 Å². The van der Waals surface area contributed by atoms with Gasteiger partial charge in [0.15, 0.2) is 11.6 Å². The quantitative estimate of drug-likeness (QED) is 0.393. The highest BCUT2D eigenvalue weighted by atomic mass is 35.5. The number of rotatable bonds is 5. The molecule has 3 rings (SSSR count). The second kappa shape index (κ2) is 7.68. The lowest BCUT2D eigenvalue weighted by molar-refractivity contribution is -0.385. The number of phenolic OH excluding ortho intramolecular Hbond substituents is 1. The number of nitro benzene ring substituents is 1. The van der Waals surface area contributed by atoms with Gasteiger partial charge in [-0.05, 0) is 35.4 Å². The van der Waals surface area contributed by atoms with Crippen LogP contribution in [0.2, 0.25) is 5.02 Å². The van der Waals surface area contributed by atoms with Gasteiger partial charge in [0, 0.05) is 23.7 Å². The number of nitriles is 1. The first kappa shape index (κ1) is 18.1. The van der Waals surface area contributed by atoms with Gasteiger partial charge in [-0.3, -0.25) is 15.2 Å². The van der Waals surface area contributed by atoms with Gasteiger partial charge >= 0.3 is 5.69 Å². The Morgan fingerprint density at radius 1 is 1.37 bits per heavy atom. The summed E-state index contributed by atoms with van der Waals surface area (Å²) in [5, 5.41) is 37.2. The maximum absolute atomic E-state index is 10.9. The van der Waals surface area contributed by atoms with Crippen LogP contribution in [-0.2, 0) is 6.42 Å². The smallest absolute Gasteiger partial charge is 0.311 e. The van der Waals surface area contributed by atoms with Gasteiger partial charge in [-0.2, -0.15) is 10.4 Å². The predicted octanol–water partition coefficient (Wildman–Crippen LogP) is 3.89. The second-order valence-corrected chi connectivity index (χ2v) is 6.02. The molecule has 0 saturated carbocycles. The van der Waals surface area contributed by atoms with Crippen LogP contribution in [0.3, 0.4) is 0 Å². The number of benzene rings is 2. The molecule has 134 valence electrons. The third-order valence-electron chi connectivity index (χ3n) is 3.74. The second-order valence-electron chi connectivity index (χ2n) is 5.58. The van der Waals surface area contributed by atoms with Crippen molar-refractivity contribution in [2.75, 3.05) is 0 Å². The number of nitro groups is 1. The van der Waals surface area contributed by atoms with Gasteiger partial charge in [-0.1, -0.05) is 23.7 Å². The number of nitrogens with one attached hydrogen (secondary N) is 1. The Morgan fingerprint density at radius 2 is 2.19 bits per heavy atom. The molecule has 0 unspecified atom stereocenters. The van der Waals surface area contributed by atoms with Crippen LogP contribution in [0.4, 0.5) is 11.5 Å². The number of H-pyrrole nitrogens is 1. The number of hydrogen-bond donors (Lipinski definition) is 2. The highest BCUT2D eigenvalue weighted by Crippen LogP contribution is 2.26. The summed E-state index contributed by atoms with van der Waals surface area (Å²) in [7, 11) is 0. The minimum Gasteiger partial charge on any atom is -0.502 e. The van der Waals surface area contributed by atoms with Crippen molar-refractivity contribution in [3.8, 4) is 11.8 Å². The highest BCUT2D eigenvalue weighted by Gasteiger charge is 2.14. The Balaban J connectivity index is 1.87. The lowest BCUT2D eigenvalue weighted by Crippen LogP contribution is -1.91. The van der Waals surface area contributed by atoms with Gasteiger partial charge in [0.2, 0.25) is 0 Å². The molecule has 0 bridgehead atoms. The first-order valence-electron chi connectivity index (χ1n) is 7.71. The van der Waals surface area contributed by atoms with Crippen LogP contribution in [-0.4, -0.2) is 26.4 Å². The Hall–Kier alpha value is -3.70. The number of hydrogen-bond acceptors (Lipinski definition) is 6. The topological polar surface area (TPSA) is 128 Å². The standard InChI is InChI=1S/C18H12ClN5O3/c19-13-3-1-2-11(6-13)7-15-14(9-20)18(23-22-15)21-10-12-4-5-17(25)16(8-12)24(26)27/h1-6,8,10,25H,7H2,(H,22,23). The minimum absolute atomic E-state index is 0.172. The number of nitrogens with zero attached hydrogens (tertiary/aromatic N) is 4. The van der Waals surface area contributed by atoms with Crippen LogP contribution in [0.15, 0.2) is 47.5 Å². The van der Waals surface area contributed by atoms with Crippen molar-refractivity contribution in [1.29, 1.82) is 5.26 Å². The molecule has 0 atom stereocenters. The molecule has 3 aromatic rings. The summed E-state index contributed by atoms with van der Waals surface area (Å²) in [4.78, 5) is 14.3. The molecule has 0 aliphatic rings. The number of aromatic amines is 1. The molecule has 2 N–H and O–H groups in total. The summed E-state index contributed by atoms with van der Waals surface area (Å²) in [6, 6.07) is 13.2.